The minimum atomic E-state index is -0.397. The lowest BCUT2D eigenvalue weighted by molar-refractivity contribution is 0.0288. The molecule has 0 aliphatic carbocycles. The van der Waals surface area contributed by atoms with Crippen molar-refractivity contribution >= 4 is 6.09 Å². The van der Waals surface area contributed by atoms with E-state index >= 15 is 0 Å². The standard InChI is InChI=1S/C13H26N2O2/c1-10(2)14-8-11-6-7-15(9-11)12(16)17-13(3,4)5/h10-11,14H,6-9H2,1-5H3/t11-/m1/s1. The summed E-state index contributed by atoms with van der Waals surface area (Å²) in [6.45, 7) is 12.6. The number of ether oxygens (including phenoxy) is 1. The quantitative estimate of drug-likeness (QED) is 0.825. The summed E-state index contributed by atoms with van der Waals surface area (Å²) in [5, 5.41) is 3.42. The monoisotopic (exact) mass is 242 g/mol. The molecule has 0 saturated carbocycles. The van der Waals surface area contributed by atoms with Crippen LogP contribution in [0.3, 0.4) is 0 Å². The molecule has 0 radical (unpaired) electrons. The largest absolute Gasteiger partial charge is 0.444 e. The third-order valence-electron chi connectivity index (χ3n) is 2.75. The lowest BCUT2D eigenvalue weighted by atomic mass is 10.1. The first-order valence-corrected chi connectivity index (χ1v) is 6.49. The highest BCUT2D eigenvalue weighted by molar-refractivity contribution is 5.68. The van der Waals surface area contributed by atoms with Crippen LogP contribution in [0.4, 0.5) is 4.79 Å². The van der Waals surface area contributed by atoms with Gasteiger partial charge in [0.1, 0.15) is 5.60 Å². The normalized spacial score (nSPS) is 21.1. The van der Waals surface area contributed by atoms with Gasteiger partial charge in [0, 0.05) is 19.1 Å². The molecule has 0 aromatic carbocycles. The Kier molecular flexibility index (Phi) is 4.80. The van der Waals surface area contributed by atoms with Gasteiger partial charge in [-0.15, -0.1) is 0 Å². The summed E-state index contributed by atoms with van der Waals surface area (Å²) in [5.41, 5.74) is -0.397. The Balaban J connectivity index is 2.32. The van der Waals surface area contributed by atoms with Crippen molar-refractivity contribution in [1.82, 2.24) is 10.2 Å². The lowest BCUT2D eigenvalue weighted by Gasteiger charge is -2.24. The van der Waals surface area contributed by atoms with E-state index in [1.807, 2.05) is 25.7 Å². The molecule has 0 unspecified atom stereocenters. The second kappa shape index (κ2) is 5.71. The first-order valence-electron chi connectivity index (χ1n) is 6.49. The maximum Gasteiger partial charge on any atom is 0.410 e. The van der Waals surface area contributed by atoms with E-state index in [1.165, 1.54) is 0 Å². The molecule has 0 aromatic heterocycles. The van der Waals surface area contributed by atoms with E-state index in [1.54, 1.807) is 0 Å². The first kappa shape index (κ1) is 14.3. The molecule has 0 aromatic rings. The molecule has 1 N–H and O–H groups in total. The lowest BCUT2D eigenvalue weighted by Crippen LogP contribution is -2.36. The average molecular weight is 242 g/mol. The van der Waals surface area contributed by atoms with Crippen molar-refractivity contribution in [2.75, 3.05) is 19.6 Å². The smallest absolute Gasteiger partial charge is 0.410 e. The van der Waals surface area contributed by atoms with Gasteiger partial charge in [0.2, 0.25) is 0 Å². The zero-order valence-corrected chi connectivity index (χ0v) is 11.7. The topological polar surface area (TPSA) is 41.6 Å². The number of nitrogens with zero attached hydrogens (tertiary/aromatic N) is 1. The van der Waals surface area contributed by atoms with Crippen molar-refractivity contribution in [3.8, 4) is 0 Å². The van der Waals surface area contributed by atoms with Gasteiger partial charge in [-0.3, -0.25) is 0 Å². The molecule has 4 heteroatoms. The molecular formula is C13H26N2O2. The minimum absolute atomic E-state index is 0.176. The highest BCUT2D eigenvalue weighted by Gasteiger charge is 2.29. The number of hydrogen-bond acceptors (Lipinski definition) is 3. The fourth-order valence-corrected chi connectivity index (χ4v) is 1.89. The second-order valence-electron chi connectivity index (χ2n) is 6.14. The third kappa shape index (κ3) is 5.39. The molecule has 1 rings (SSSR count). The Morgan fingerprint density at radius 3 is 2.65 bits per heavy atom. The van der Waals surface area contributed by atoms with Gasteiger partial charge in [0.25, 0.3) is 0 Å². The van der Waals surface area contributed by atoms with Crippen molar-refractivity contribution in [1.29, 1.82) is 0 Å². The average Bonchev–Trinajstić information content (AvgIpc) is 2.60. The predicted molar refractivity (Wildman–Crippen MR) is 69.1 cm³/mol. The summed E-state index contributed by atoms with van der Waals surface area (Å²) in [6.07, 6.45) is 0.892. The van der Waals surface area contributed by atoms with Gasteiger partial charge in [0.05, 0.1) is 0 Å². The molecule has 1 amide bonds. The van der Waals surface area contributed by atoms with Gasteiger partial charge in [0.15, 0.2) is 0 Å². The molecule has 1 saturated heterocycles. The SMILES string of the molecule is CC(C)NC[C@H]1CCN(C(=O)OC(C)(C)C)C1. The Hall–Kier alpha value is -0.770. The van der Waals surface area contributed by atoms with Gasteiger partial charge < -0.3 is 15.0 Å². The van der Waals surface area contributed by atoms with Gasteiger partial charge in [-0.05, 0) is 39.7 Å². The van der Waals surface area contributed by atoms with Gasteiger partial charge in [-0.25, -0.2) is 4.79 Å². The molecule has 100 valence electrons. The van der Waals surface area contributed by atoms with E-state index in [9.17, 15) is 4.79 Å². The van der Waals surface area contributed by atoms with Gasteiger partial charge in [-0.1, -0.05) is 13.8 Å². The predicted octanol–water partition coefficient (Wildman–Crippen LogP) is 2.24. The molecule has 4 nitrogen and oxygen atoms in total. The Bertz CT molecular complexity index is 259. The fraction of sp³-hybridized carbons (Fsp3) is 0.923. The molecular weight excluding hydrogens is 216 g/mol. The summed E-state index contributed by atoms with van der Waals surface area (Å²) >= 11 is 0. The molecule has 0 spiro atoms. The van der Waals surface area contributed by atoms with E-state index in [4.69, 9.17) is 4.74 Å². The van der Waals surface area contributed by atoms with Crippen LogP contribution in [0.1, 0.15) is 41.0 Å². The zero-order valence-electron chi connectivity index (χ0n) is 11.7. The molecule has 1 heterocycles. The van der Waals surface area contributed by atoms with Crippen molar-refractivity contribution in [3.63, 3.8) is 0 Å². The zero-order chi connectivity index (χ0) is 13.1. The number of rotatable bonds is 3. The van der Waals surface area contributed by atoms with Crippen LogP contribution < -0.4 is 5.32 Å². The van der Waals surface area contributed by atoms with E-state index in [2.05, 4.69) is 19.2 Å². The molecule has 1 aliphatic rings. The summed E-state index contributed by atoms with van der Waals surface area (Å²) < 4.78 is 5.36. The number of carbonyl (C=O) groups is 1. The number of hydrogen-bond donors (Lipinski definition) is 1. The van der Waals surface area contributed by atoms with Crippen LogP contribution in [0, 0.1) is 5.92 Å². The summed E-state index contributed by atoms with van der Waals surface area (Å²) in [6, 6.07) is 0.505. The number of amides is 1. The van der Waals surface area contributed by atoms with Crippen LogP contribution in [0.2, 0.25) is 0 Å². The van der Waals surface area contributed by atoms with E-state index in [0.717, 1.165) is 26.1 Å². The minimum Gasteiger partial charge on any atom is -0.444 e. The van der Waals surface area contributed by atoms with Crippen LogP contribution in [0.5, 0.6) is 0 Å². The van der Waals surface area contributed by atoms with Crippen LogP contribution in [0.15, 0.2) is 0 Å². The Labute approximate surface area is 105 Å². The number of likely N-dealkylation sites (tertiary alicyclic amines) is 1. The molecule has 1 atom stereocenters. The van der Waals surface area contributed by atoms with E-state index in [0.29, 0.717) is 12.0 Å². The van der Waals surface area contributed by atoms with Crippen LogP contribution >= 0.6 is 0 Å². The second-order valence-corrected chi connectivity index (χ2v) is 6.14. The number of carbonyl (C=O) groups excluding carboxylic acids is 1. The molecule has 17 heavy (non-hydrogen) atoms. The van der Waals surface area contributed by atoms with Crippen molar-refractivity contribution in [2.45, 2.75) is 52.7 Å². The van der Waals surface area contributed by atoms with E-state index < -0.39 is 5.60 Å². The van der Waals surface area contributed by atoms with Crippen molar-refractivity contribution in [2.24, 2.45) is 5.92 Å². The summed E-state index contributed by atoms with van der Waals surface area (Å²) in [7, 11) is 0. The van der Waals surface area contributed by atoms with E-state index in [-0.39, 0.29) is 6.09 Å². The molecule has 1 fully saturated rings. The fourth-order valence-electron chi connectivity index (χ4n) is 1.89. The summed E-state index contributed by atoms with van der Waals surface area (Å²) in [4.78, 5) is 13.6. The van der Waals surface area contributed by atoms with Crippen molar-refractivity contribution < 1.29 is 9.53 Å². The van der Waals surface area contributed by atoms with Crippen LogP contribution in [0.25, 0.3) is 0 Å². The van der Waals surface area contributed by atoms with Crippen LogP contribution in [-0.4, -0.2) is 42.3 Å². The highest BCUT2D eigenvalue weighted by Crippen LogP contribution is 2.18. The Morgan fingerprint density at radius 1 is 1.47 bits per heavy atom. The Morgan fingerprint density at radius 2 is 2.12 bits per heavy atom. The maximum absolute atomic E-state index is 11.8. The third-order valence-corrected chi connectivity index (χ3v) is 2.75. The first-order chi connectivity index (χ1) is 7.78. The number of nitrogens with one attached hydrogen (secondary N) is 1. The molecule has 1 aliphatic heterocycles. The molecule has 0 bridgehead atoms. The maximum atomic E-state index is 11.8. The summed E-state index contributed by atoms with van der Waals surface area (Å²) in [5.74, 6) is 0.560. The van der Waals surface area contributed by atoms with Crippen LogP contribution in [-0.2, 0) is 4.74 Å². The van der Waals surface area contributed by atoms with Gasteiger partial charge >= 0.3 is 6.09 Å². The highest BCUT2D eigenvalue weighted by atomic mass is 16.6. The van der Waals surface area contributed by atoms with Crippen molar-refractivity contribution in [3.05, 3.63) is 0 Å². The van der Waals surface area contributed by atoms with Gasteiger partial charge in [-0.2, -0.15) is 0 Å².